The maximum absolute atomic E-state index is 5.67. The zero-order valence-electron chi connectivity index (χ0n) is 7.41. The van der Waals surface area contributed by atoms with Gasteiger partial charge in [-0.2, -0.15) is 5.10 Å². The number of hydrogen-bond acceptors (Lipinski definition) is 2. The number of nitrogens with two attached hydrogens (primary N) is 1. The summed E-state index contributed by atoms with van der Waals surface area (Å²) in [6.45, 7) is 2.05. The Hall–Kier alpha value is -1.27. The molecule has 0 aliphatic rings. The molecule has 0 fully saturated rings. The summed E-state index contributed by atoms with van der Waals surface area (Å²) in [7, 11) is 1.85. The van der Waals surface area contributed by atoms with Crippen molar-refractivity contribution < 1.29 is 0 Å². The van der Waals surface area contributed by atoms with E-state index in [0.29, 0.717) is 0 Å². The summed E-state index contributed by atoms with van der Waals surface area (Å²) in [5.41, 5.74) is 7.59. The molecule has 1 unspecified atom stereocenters. The predicted molar refractivity (Wildman–Crippen MR) is 48.3 cm³/mol. The van der Waals surface area contributed by atoms with Crippen molar-refractivity contribution >= 4 is 0 Å². The average Bonchev–Trinajstić information content (AvgIpc) is 2.45. The van der Waals surface area contributed by atoms with Gasteiger partial charge in [0.1, 0.15) is 6.04 Å². The minimum Gasteiger partial charge on any atom is -0.313 e. The van der Waals surface area contributed by atoms with Crippen LogP contribution < -0.4 is 5.73 Å². The monoisotopic (exact) mass is 163 g/mol. The van der Waals surface area contributed by atoms with E-state index in [1.54, 1.807) is 4.68 Å². The van der Waals surface area contributed by atoms with Crippen molar-refractivity contribution in [2.45, 2.75) is 19.4 Å². The molecule has 0 saturated heterocycles. The number of aryl methyl sites for hydroxylation is 2. The van der Waals surface area contributed by atoms with E-state index in [1.807, 2.05) is 20.0 Å². The summed E-state index contributed by atoms with van der Waals surface area (Å²) in [4.78, 5) is 0. The summed E-state index contributed by atoms with van der Waals surface area (Å²) < 4.78 is 1.74. The Morgan fingerprint density at radius 2 is 2.50 bits per heavy atom. The van der Waals surface area contributed by atoms with Crippen LogP contribution >= 0.6 is 0 Å². The first-order chi connectivity index (χ1) is 5.69. The van der Waals surface area contributed by atoms with Crippen molar-refractivity contribution in [3.05, 3.63) is 17.5 Å². The molecule has 0 aliphatic heterocycles. The SMILES string of the molecule is C#CC(N)c1cc(CC)nn1C. The van der Waals surface area contributed by atoms with Gasteiger partial charge in [-0.05, 0) is 12.5 Å². The zero-order valence-corrected chi connectivity index (χ0v) is 7.41. The lowest BCUT2D eigenvalue weighted by atomic mass is 10.2. The van der Waals surface area contributed by atoms with Crippen LogP contribution in [0.25, 0.3) is 0 Å². The van der Waals surface area contributed by atoms with Crippen molar-refractivity contribution in [3.8, 4) is 12.3 Å². The van der Waals surface area contributed by atoms with Crippen LogP contribution in [0.4, 0.5) is 0 Å². The summed E-state index contributed by atoms with van der Waals surface area (Å²) in [5, 5.41) is 4.24. The lowest BCUT2D eigenvalue weighted by molar-refractivity contribution is 0.680. The van der Waals surface area contributed by atoms with Crippen LogP contribution in [0.3, 0.4) is 0 Å². The van der Waals surface area contributed by atoms with E-state index in [9.17, 15) is 0 Å². The number of terminal acetylenes is 1. The van der Waals surface area contributed by atoms with Gasteiger partial charge in [0.25, 0.3) is 0 Å². The smallest absolute Gasteiger partial charge is 0.109 e. The maximum Gasteiger partial charge on any atom is 0.109 e. The molecule has 0 aromatic carbocycles. The molecule has 0 radical (unpaired) electrons. The number of rotatable bonds is 2. The molecule has 0 aliphatic carbocycles. The summed E-state index contributed by atoms with van der Waals surface area (Å²) in [6.07, 6.45) is 6.12. The van der Waals surface area contributed by atoms with Gasteiger partial charge in [0.2, 0.25) is 0 Å². The molecule has 1 rings (SSSR count). The van der Waals surface area contributed by atoms with Gasteiger partial charge >= 0.3 is 0 Å². The minimum absolute atomic E-state index is 0.345. The van der Waals surface area contributed by atoms with E-state index in [0.717, 1.165) is 17.8 Å². The molecule has 1 heterocycles. The third-order valence-corrected chi connectivity index (χ3v) is 1.83. The topological polar surface area (TPSA) is 43.8 Å². The highest BCUT2D eigenvalue weighted by atomic mass is 15.3. The average molecular weight is 163 g/mol. The van der Waals surface area contributed by atoms with Gasteiger partial charge in [-0.15, -0.1) is 6.42 Å². The first-order valence-electron chi connectivity index (χ1n) is 3.93. The Kier molecular flexibility index (Phi) is 2.51. The second-order valence-corrected chi connectivity index (χ2v) is 2.68. The van der Waals surface area contributed by atoms with E-state index < -0.39 is 0 Å². The van der Waals surface area contributed by atoms with Crippen LogP contribution in [-0.2, 0) is 13.5 Å². The fourth-order valence-corrected chi connectivity index (χ4v) is 1.09. The third kappa shape index (κ3) is 1.49. The van der Waals surface area contributed by atoms with Gasteiger partial charge in [-0.25, -0.2) is 0 Å². The highest BCUT2D eigenvalue weighted by molar-refractivity contribution is 5.20. The molecule has 0 saturated carbocycles. The Morgan fingerprint density at radius 3 is 2.92 bits per heavy atom. The molecule has 64 valence electrons. The standard InChI is InChI=1S/C9H13N3/c1-4-7-6-9(8(10)5-2)12(3)11-7/h2,6,8H,4,10H2,1,3H3. The maximum atomic E-state index is 5.67. The van der Waals surface area contributed by atoms with Gasteiger partial charge in [-0.1, -0.05) is 12.8 Å². The molecule has 1 atom stereocenters. The Balaban J connectivity index is 3.01. The van der Waals surface area contributed by atoms with E-state index >= 15 is 0 Å². The quantitative estimate of drug-likeness (QED) is 0.649. The van der Waals surface area contributed by atoms with Crippen LogP contribution in [-0.4, -0.2) is 9.78 Å². The second-order valence-electron chi connectivity index (χ2n) is 2.68. The lowest BCUT2D eigenvalue weighted by Crippen LogP contribution is -2.12. The third-order valence-electron chi connectivity index (χ3n) is 1.83. The molecule has 0 bridgehead atoms. The van der Waals surface area contributed by atoms with Crippen molar-refractivity contribution in [1.29, 1.82) is 0 Å². The summed E-state index contributed by atoms with van der Waals surface area (Å²) in [6, 6.07) is 1.60. The Morgan fingerprint density at radius 1 is 1.83 bits per heavy atom. The highest BCUT2D eigenvalue weighted by Gasteiger charge is 2.08. The van der Waals surface area contributed by atoms with Crippen LogP contribution in [0.5, 0.6) is 0 Å². The van der Waals surface area contributed by atoms with Crippen LogP contribution in [0.1, 0.15) is 24.4 Å². The molecule has 0 amide bonds. The number of aromatic nitrogens is 2. The second kappa shape index (κ2) is 3.42. The number of nitrogens with zero attached hydrogens (tertiary/aromatic N) is 2. The number of hydrogen-bond donors (Lipinski definition) is 1. The van der Waals surface area contributed by atoms with Crippen molar-refractivity contribution in [3.63, 3.8) is 0 Å². The molecule has 3 nitrogen and oxygen atoms in total. The molecule has 3 heteroatoms. The van der Waals surface area contributed by atoms with E-state index in [4.69, 9.17) is 12.2 Å². The zero-order chi connectivity index (χ0) is 9.14. The molecule has 0 spiro atoms. The summed E-state index contributed by atoms with van der Waals surface area (Å²) in [5.74, 6) is 2.48. The fourth-order valence-electron chi connectivity index (χ4n) is 1.09. The van der Waals surface area contributed by atoms with E-state index in [-0.39, 0.29) is 6.04 Å². The first-order valence-corrected chi connectivity index (χ1v) is 3.93. The van der Waals surface area contributed by atoms with Gasteiger partial charge in [0.05, 0.1) is 11.4 Å². The Labute approximate surface area is 72.6 Å². The first kappa shape index (κ1) is 8.82. The van der Waals surface area contributed by atoms with E-state index in [1.165, 1.54) is 0 Å². The highest BCUT2D eigenvalue weighted by Crippen LogP contribution is 2.10. The molecular formula is C9H13N3. The Bertz CT molecular complexity index is 306. The van der Waals surface area contributed by atoms with Crippen molar-refractivity contribution in [1.82, 2.24) is 9.78 Å². The van der Waals surface area contributed by atoms with Crippen LogP contribution in [0.15, 0.2) is 6.07 Å². The minimum atomic E-state index is -0.345. The van der Waals surface area contributed by atoms with Gasteiger partial charge in [0, 0.05) is 7.05 Å². The largest absolute Gasteiger partial charge is 0.313 e. The van der Waals surface area contributed by atoms with Gasteiger partial charge in [-0.3, -0.25) is 4.68 Å². The molecule has 1 aromatic rings. The molecular weight excluding hydrogens is 150 g/mol. The van der Waals surface area contributed by atoms with Crippen molar-refractivity contribution in [2.24, 2.45) is 12.8 Å². The molecule has 2 N–H and O–H groups in total. The normalized spacial score (nSPS) is 12.5. The van der Waals surface area contributed by atoms with Gasteiger partial charge < -0.3 is 5.73 Å². The van der Waals surface area contributed by atoms with E-state index in [2.05, 4.69) is 11.0 Å². The van der Waals surface area contributed by atoms with Gasteiger partial charge in [0.15, 0.2) is 0 Å². The van der Waals surface area contributed by atoms with Crippen LogP contribution in [0.2, 0.25) is 0 Å². The molecule has 12 heavy (non-hydrogen) atoms. The van der Waals surface area contributed by atoms with Crippen LogP contribution in [0, 0.1) is 12.3 Å². The molecule has 1 aromatic heterocycles. The lowest BCUT2D eigenvalue weighted by Gasteiger charge is -2.02. The predicted octanol–water partition coefficient (Wildman–Crippen LogP) is 0.615. The summed E-state index contributed by atoms with van der Waals surface area (Å²) >= 11 is 0. The van der Waals surface area contributed by atoms with Crippen molar-refractivity contribution in [2.75, 3.05) is 0 Å². The fraction of sp³-hybridized carbons (Fsp3) is 0.444.